The monoisotopic (exact) mass is 469 g/mol. The molecule has 3 aromatic rings. The summed E-state index contributed by atoms with van der Waals surface area (Å²) in [5.74, 6) is -0.495. The quantitative estimate of drug-likeness (QED) is 0.544. The summed E-state index contributed by atoms with van der Waals surface area (Å²) in [7, 11) is 1.36. The van der Waals surface area contributed by atoms with Gasteiger partial charge in [0.15, 0.2) is 0 Å². The van der Waals surface area contributed by atoms with E-state index in [1.165, 1.54) is 31.9 Å². The van der Waals surface area contributed by atoms with Crippen molar-refractivity contribution in [2.24, 2.45) is 5.73 Å². The molecule has 1 aromatic carbocycles. The van der Waals surface area contributed by atoms with E-state index in [0.29, 0.717) is 11.5 Å². The maximum absolute atomic E-state index is 12.2. The summed E-state index contributed by atoms with van der Waals surface area (Å²) in [5, 5.41) is 1.03. The lowest BCUT2D eigenvalue weighted by molar-refractivity contribution is -0.118. The highest BCUT2D eigenvalue weighted by molar-refractivity contribution is 9.10. The molecule has 0 atom stereocenters. The number of benzene rings is 1. The first-order valence-corrected chi connectivity index (χ1v) is 10.9. The number of rotatable bonds is 5. The molecule has 0 spiro atoms. The van der Waals surface area contributed by atoms with Crippen LogP contribution in [0.1, 0.15) is 53.9 Å². The Morgan fingerprint density at radius 3 is 2.67 bits per heavy atom. The van der Waals surface area contributed by atoms with Gasteiger partial charge in [0.2, 0.25) is 5.91 Å². The van der Waals surface area contributed by atoms with Gasteiger partial charge in [-0.2, -0.15) is 0 Å². The van der Waals surface area contributed by atoms with Gasteiger partial charge in [0, 0.05) is 16.1 Å². The van der Waals surface area contributed by atoms with Crippen molar-refractivity contribution < 1.29 is 14.3 Å². The molecule has 2 heterocycles. The molecule has 0 bridgehead atoms. The Kier molecular flexibility index (Phi) is 5.90. The van der Waals surface area contributed by atoms with Crippen LogP contribution >= 0.6 is 15.9 Å². The Balaban J connectivity index is 2.07. The van der Waals surface area contributed by atoms with E-state index in [1.807, 2.05) is 22.8 Å². The van der Waals surface area contributed by atoms with Crippen molar-refractivity contribution >= 4 is 38.7 Å². The first-order valence-electron chi connectivity index (χ1n) is 10.1. The van der Waals surface area contributed by atoms with Crippen molar-refractivity contribution in [2.45, 2.75) is 44.6 Å². The number of esters is 1. The second-order valence-electron chi connectivity index (χ2n) is 7.71. The number of aromatic nitrogens is 2. The molecule has 0 saturated heterocycles. The summed E-state index contributed by atoms with van der Waals surface area (Å²) in [6.45, 7) is 0.00614. The van der Waals surface area contributed by atoms with Gasteiger partial charge < -0.3 is 15.0 Å². The summed E-state index contributed by atoms with van der Waals surface area (Å²) in [6.07, 6.45) is 7.52. The van der Waals surface area contributed by atoms with E-state index < -0.39 is 11.9 Å². The van der Waals surface area contributed by atoms with Crippen LogP contribution in [0.2, 0.25) is 0 Å². The van der Waals surface area contributed by atoms with Crippen molar-refractivity contribution in [3.63, 3.8) is 0 Å². The summed E-state index contributed by atoms with van der Waals surface area (Å²) in [5.41, 5.74) is 9.71. The van der Waals surface area contributed by atoms with Crippen LogP contribution in [0.25, 0.3) is 22.3 Å². The van der Waals surface area contributed by atoms with Gasteiger partial charge in [-0.25, -0.2) is 4.79 Å². The number of carbonyl (C=O) groups excluding carboxylic acids is 2. The van der Waals surface area contributed by atoms with Gasteiger partial charge in [-0.1, -0.05) is 25.3 Å². The Hall–Kier alpha value is -2.67. The lowest BCUT2D eigenvalue weighted by atomic mass is 9.82. The molecule has 0 radical (unpaired) electrons. The lowest BCUT2D eigenvalue weighted by Gasteiger charge is -2.23. The third kappa shape index (κ3) is 3.74. The molecule has 7 heteroatoms. The third-order valence-electron chi connectivity index (χ3n) is 5.83. The molecule has 0 unspecified atom stereocenters. The predicted molar refractivity (Wildman–Crippen MR) is 119 cm³/mol. The van der Waals surface area contributed by atoms with Gasteiger partial charge in [-0.3, -0.25) is 9.78 Å². The average molecular weight is 470 g/mol. The molecule has 30 heavy (non-hydrogen) atoms. The fourth-order valence-electron chi connectivity index (χ4n) is 4.56. The van der Waals surface area contributed by atoms with E-state index in [2.05, 4.69) is 20.9 Å². The molecule has 0 aliphatic heterocycles. The fourth-order valence-corrected chi connectivity index (χ4v) is 5.00. The zero-order valence-corrected chi connectivity index (χ0v) is 18.4. The highest BCUT2D eigenvalue weighted by Crippen LogP contribution is 2.45. The SMILES string of the molecule is COC(=O)c1ccc2c(C3CCCCC3)c(-c3ncccc3Br)n(CC(N)=O)c2c1. The standard InChI is InChI=1S/C23H24BrN3O3/c1-30-23(29)15-9-10-16-18(12-15)27(13-19(25)28)22(21-17(24)8-5-11-26-21)20(16)14-6-3-2-4-7-14/h5,8-12,14H,2-4,6-7,13H2,1H3,(H2,25,28). The first kappa shape index (κ1) is 20.6. The normalized spacial score (nSPS) is 14.7. The van der Waals surface area contributed by atoms with Gasteiger partial charge >= 0.3 is 5.97 Å². The molecule has 4 rings (SSSR count). The first-order chi connectivity index (χ1) is 14.5. The largest absolute Gasteiger partial charge is 0.465 e. The van der Waals surface area contributed by atoms with Crippen molar-refractivity contribution in [3.8, 4) is 11.4 Å². The molecule has 1 fully saturated rings. The number of amides is 1. The molecule has 6 nitrogen and oxygen atoms in total. The number of hydrogen-bond acceptors (Lipinski definition) is 4. The van der Waals surface area contributed by atoms with Crippen LogP contribution in [0, 0.1) is 0 Å². The molecular weight excluding hydrogens is 446 g/mol. The zero-order chi connectivity index (χ0) is 21.3. The molecule has 1 amide bonds. The van der Waals surface area contributed by atoms with Crippen LogP contribution < -0.4 is 5.73 Å². The van der Waals surface area contributed by atoms with Gasteiger partial charge in [0.05, 0.1) is 23.9 Å². The van der Waals surface area contributed by atoms with Gasteiger partial charge in [0.1, 0.15) is 12.2 Å². The predicted octanol–water partition coefficient (Wildman–Crippen LogP) is 4.79. The number of primary amides is 1. The van der Waals surface area contributed by atoms with E-state index in [4.69, 9.17) is 10.5 Å². The lowest BCUT2D eigenvalue weighted by Crippen LogP contribution is -2.20. The van der Waals surface area contributed by atoms with Crippen LogP contribution in [0.5, 0.6) is 0 Å². The molecule has 1 aliphatic rings. The Morgan fingerprint density at radius 2 is 2.00 bits per heavy atom. The van der Waals surface area contributed by atoms with Crippen LogP contribution in [0.15, 0.2) is 41.0 Å². The number of halogens is 1. The summed E-state index contributed by atoms with van der Waals surface area (Å²) >= 11 is 3.63. The fraction of sp³-hybridized carbons (Fsp3) is 0.348. The Morgan fingerprint density at radius 1 is 1.23 bits per heavy atom. The van der Waals surface area contributed by atoms with Gasteiger partial charge in [-0.05, 0) is 64.5 Å². The maximum Gasteiger partial charge on any atom is 0.337 e. The van der Waals surface area contributed by atoms with Crippen molar-refractivity contribution in [1.29, 1.82) is 0 Å². The smallest absolute Gasteiger partial charge is 0.337 e. The van der Waals surface area contributed by atoms with Crippen LogP contribution in [0.3, 0.4) is 0 Å². The van der Waals surface area contributed by atoms with Crippen molar-refractivity contribution in [2.75, 3.05) is 7.11 Å². The zero-order valence-electron chi connectivity index (χ0n) is 16.9. The topological polar surface area (TPSA) is 87.2 Å². The summed E-state index contributed by atoms with van der Waals surface area (Å²) in [6, 6.07) is 9.34. The highest BCUT2D eigenvalue weighted by Gasteiger charge is 2.29. The van der Waals surface area contributed by atoms with E-state index in [1.54, 1.807) is 18.3 Å². The molecular formula is C23H24BrN3O3. The second-order valence-corrected chi connectivity index (χ2v) is 8.56. The molecule has 1 saturated carbocycles. The number of nitrogens with zero attached hydrogens (tertiary/aromatic N) is 2. The van der Waals surface area contributed by atoms with Crippen molar-refractivity contribution in [1.82, 2.24) is 9.55 Å². The highest BCUT2D eigenvalue weighted by atomic mass is 79.9. The molecule has 2 N–H and O–H groups in total. The van der Waals surface area contributed by atoms with E-state index in [9.17, 15) is 9.59 Å². The summed E-state index contributed by atoms with van der Waals surface area (Å²) in [4.78, 5) is 28.8. The van der Waals surface area contributed by atoms with Crippen LogP contribution in [-0.4, -0.2) is 28.5 Å². The average Bonchev–Trinajstić information content (AvgIpc) is 3.06. The number of pyridine rings is 1. The Labute approximate surface area is 183 Å². The minimum atomic E-state index is -0.445. The minimum absolute atomic E-state index is 0.00614. The maximum atomic E-state index is 12.2. The second kappa shape index (κ2) is 8.60. The minimum Gasteiger partial charge on any atom is -0.465 e. The van der Waals surface area contributed by atoms with Gasteiger partial charge in [-0.15, -0.1) is 0 Å². The number of carbonyl (C=O) groups is 2. The number of methoxy groups -OCH3 is 1. The van der Waals surface area contributed by atoms with Crippen LogP contribution in [-0.2, 0) is 16.1 Å². The number of hydrogen-bond donors (Lipinski definition) is 1. The summed E-state index contributed by atoms with van der Waals surface area (Å²) < 4.78 is 7.66. The number of fused-ring (bicyclic) bond motifs is 1. The Bertz CT molecular complexity index is 1120. The van der Waals surface area contributed by atoms with Gasteiger partial charge in [0.25, 0.3) is 0 Å². The van der Waals surface area contributed by atoms with E-state index in [-0.39, 0.29) is 6.54 Å². The molecule has 156 valence electrons. The number of ether oxygens (including phenoxy) is 1. The van der Waals surface area contributed by atoms with Crippen molar-refractivity contribution in [3.05, 3.63) is 52.1 Å². The third-order valence-corrected chi connectivity index (χ3v) is 6.47. The number of nitrogens with two attached hydrogens (primary N) is 1. The molecule has 2 aromatic heterocycles. The van der Waals surface area contributed by atoms with Crippen LogP contribution in [0.4, 0.5) is 0 Å². The molecule has 1 aliphatic carbocycles. The van der Waals surface area contributed by atoms with E-state index >= 15 is 0 Å². The van der Waals surface area contributed by atoms with E-state index in [0.717, 1.165) is 39.6 Å².